The first-order chi connectivity index (χ1) is 10.2. The summed E-state index contributed by atoms with van der Waals surface area (Å²) in [6.07, 6.45) is 2.58. The largest absolute Gasteiger partial charge is 0.378 e. The second-order valence-electron chi connectivity index (χ2n) is 4.94. The number of rotatable bonds is 8. The first-order valence-electron chi connectivity index (χ1n) is 7.19. The Hall–Kier alpha value is -1.53. The Morgan fingerprint density at radius 3 is 2.95 bits per heavy atom. The average Bonchev–Trinajstić information content (AvgIpc) is 2.96. The fourth-order valence-corrected chi connectivity index (χ4v) is 2.83. The van der Waals surface area contributed by atoms with Crippen molar-refractivity contribution in [3.8, 4) is 0 Å². The van der Waals surface area contributed by atoms with Gasteiger partial charge in [-0.1, -0.05) is 13.8 Å². The highest BCUT2D eigenvalue weighted by Crippen LogP contribution is 2.23. The molecule has 2 N–H and O–H groups in total. The number of anilines is 1. The number of hydrogen-bond donors (Lipinski definition) is 2. The molecule has 0 aliphatic carbocycles. The molecule has 0 saturated carbocycles. The minimum atomic E-state index is -0.467. The highest BCUT2D eigenvalue weighted by Gasteiger charge is 2.10. The summed E-state index contributed by atoms with van der Waals surface area (Å²) in [5.74, 6) is 0.00120. The standard InChI is InChI=1S/C15H21FN4S/c1-3-17-7-6-11(2)15-20-13(10-21-15)9-18-12-4-5-14(16)19-8-12/h4-5,8,10-11,17-18H,3,6-7,9H2,1-2H3. The van der Waals surface area contributed by atoms with Gasteiger partial charge >= 0.3 is 0 Å². The molecule has 4 nitrogen and oxygen atoms in total. The average molecular weight is 308 g/mol. The van der Waals surface area contributed by atoms with Gasteiger partial charge in [0.2, 0.25) is 5.95 Å². The van der Waals surface area contributed by atoms with Gasteiger partial charge in [0.25, 0.3) is 0 Å². The van der Waals surface area contributed by atoms with E-state index in [1.165, 1.54) is 17.3 Å². The third-order valence-corrected chi connectivity index (χ3v) is 4.32. The quantitative estimate of drug-likeness (QED) is 0.580. The lowest BCUT2D eigenvalue weighted by atomic mass is 10.1. The van der Waals surface area contributed by atoms with Crippen LogP contribution in [0.5, 0.6) is 0 Å². The first-order valence-corrected chi connectivity index (χ1v) is 8.07. The van der Waals surface area contributed by atoms with Crippen LogP contribution in [-0.2, 0) is 6.54 Å². The summed E-state index contributed by atoms with van der Waals surface area (Å²) in [5.41, 5.74) is 1.81. The van der Waals surface area contributed by atoms with Crippen LogP contribution in [0.3, 0.4) is 0 Å². The summed E-state index contributed by atoms with van der Waals surface area (Å²) < 4.78 is 12.7. The zero-order chi connectivity index (χ0) is 15.1. The first kappa shape index (κ1) is 15.9. The topological polar surface area (TPSA) is 49.8 Å². The minimum Gasteiger partial charge on any atom is -0.378 e. The molecule has 2 heterocycles. The second-order valence-corrected chi connectivity index (χ2v) is 5.83. The molecule has 6 heteroatoms. The van der Waals surface area contributed by atoms with Crippen LogP contribution in [0.15, 0.2) is 23.7 Å². The Morgan fingerprint density at radius 2 is 2.24 bits per heavy atom. The Morgan fingerprint density at radius 1 is 1.38 bits per heavy atom. The number of halogens is 1. The number of nitrogens with one attached hydrogen (secondary N) is 2. The lowest BCUT2D eigenvalue weighted by Gasteiger charge is -2.08. The molecule has 2 rings (SSSR count). The van der Waals surface area contributed by atoms with Gasteiger partial charge in [0, 0.05) is 11.3 Å². The summed E-state index contributed by atoms with van der Waals surface area (Å²) in [6.45, 7) is 6.97. The summed E-state index contributed by atoms with van der Waals surface area (Å²) in [6, 6.07) is 3.02. The van der Waals surface area contributed by atoms with Crippen molar-refractivity contribution < 1.29 is 4.39 Å². The van der Waals surface area contributed by atoms with E-state index in [-0.39, 0.29) is 0 Å². The molecule has 0 bridgehead atoms. The van der Waals surface area contributed by atoms with E-state index < -0.39 is 5.95 Å². The Kier molecular flexibility index (Phi) is 6.07. The molecule has 0 saturated heterocycles. The van der Waals surface area contributed by atoms with E-state index in [9.17, 15) is 4.39 Å². The molecule has 0 amide bonds. The van der Waals surface area contributed by atoms with Crippen molar-refractivity contribution in [2.45, 2.75) is 32.7 Å². The molecule has 2 aromatic heterocycles. The third kappa shape index (κ3) is 5.06. The lowest BCUT2D eigenvalue weighted by molar-refractivity contribution is 0.584. The molecule has 1 unspecified atom stereocenters. The maximum atomic E-state index is 12.7. The maximum absolute atomic E-state index is 12.7. The molecule has 0 radical (unpaired) electrons. The van der Waals surface area contributed by atoms with Gasteiger partial charge in [0.15, 0.2) is 0 Å². The van der Waals surface area contributed by atoms with Crippen molar-refractivity contribution in [1.82, 2.24) is 15.3 Å². The van der Waals surface area contributed by atoms with Crippen molar-refractivity contribution in [3.63, 3.8) is 0 Å². The van der Waals surface area contributed by atoms with Crippen LogP contribution < -0.4 is 10.6 Å². The van der Waals surface area contributed by atoms with E-state index >= 15 is 0 Å². The van der Waals surface area contributed by atoms with Gasteiger partial charge in [-0.25, -0.2) is 9.97 Å². The van der Waals surface area contributed by atoms with Crippen LogP contribution in [0, 0.1) is 5.95 Å². The van der Waals surface area contributed by atoms with Gasteiger partial charge in [-0.05, 0) is 31.6 Å². The third-order valence-electron chi connectivity index (χ3n) is 3.20. The van der Waals surface area contributed by atoms with Crippen molar-refractivity contribution in [2.75, 3.05) is 18.4 Å². The van der Waals surface area contributed by atoms with Crippen molar-refractivity contribution in [1.29, 1.82) is 0 Å². The normalized spacial score (nSPS) is 12.3. The summed E-state index contributed by atoms with van der Waals surface area (Å²) in [4.78, 5) is 8.27. The van der Waals surface area contributed by atoms with E-state index in [1.807, 2.05) is 0 Å². The molecule has 0 fully saturated rings. The number of pyridine rings is 1. The van der Waals surface area contributed by atoms with E-state index in [0.717, 1.165) is 30.9 Å². The Balaban J connectivity index is 1.83. The van der Waals surface area contributed by atoms with E-state index in [2.05, 4.69) is 39.8 Å². The van der Waals surface area contributed by atoms with E-state index in [0.29, 0.717) is 12.5 Å². The van der Waals surface area contributed by atoms with Gasteiger partial charge in [-0.3, -0.25) is 0 Å². The molecule has 1 atom stereocenters. The highest BCUT2D eigenvalue weighted by atomic mass is 32.1. The summed E-state index contributed by atoms with van der Waals surface area (Å²) >= 11 is 1.70. The van der Waals surface area contributed by atoms with Crippen LogP contribution in [0.2, 0.25) is 0 Å². The zero-order valence-electron chi connectivity index (χ0n) is 12.4. The van der Waals surface area contributed by atoms with E-state index in [4.69, 9.17) is 0 Å². The number of aromatic nitrogens is 2. The summed E-state index contributed by atoms with van der Waals surface area (Å²) in [5, 5.41) is 9.77. The fourth-order valence-electron chi connectivity index (χ4n) is 1.92. The van der Waals surface area contributed by atoms with Gasteiger partial charge < -0.3 is 10.6 Å². The summed E-state index contributed by atoms with van der Waals surface area (Å²) in [7, 11) is 0. The van der Waals surface area contributed by atoms with E-state index in [1.54, 1.807) is 17.4 Å². The van der Waals surface area contributed by atoms with Gasteiger partial charge in [-0.15, -0.1) is 11.3 Å². The Labute approximate surface area is 128 Å². The van der Waals surface area contributed by atoms with Crippen LogP contribution in [-0.4, -0.2) is 23.1 Å². The predicted molar refractivity (Wildman–Crippen MR) is 85.2 cm³/mol. The van der Waals surface area contributed by atoms with Crippen molar-refractivity contribution in [3.05, 3.63) is 40.4 Å². The Bertz CT molecular complexity index is 541. The van der Waals surface area contributed by atoms with Gasteiger partial charge in [0.05, 0.1) is 29.1 Å². The SMILES string of the molecule is CCNCCC(C)c1nc(CNc2ccc(F)nc2)cs1. The fraction of sp³-hybridized carbons (Fsp3) is 0.467. The van der Waals surface area contributed by atoms with Crippen LogP contribution >= 0.6 is 11.3 Å². The predicted octanol–water partition coefficient (Wildman–Crippen LogP) is 3.39. The highest BCUT2D eigenvalue weighted by molar-refractivity contribution is 7.09. The molecular formula is C15H21FN4S. The minimum absolute atomic E-state index is 0.467. The van der Waals surface area contributed by atoms with Crippen LogP contribution in [0.4, 0.5) is 10.1 Å². The van der Waals surface area contributed by atoms with Gasteiger partial charge in [0.1, 0.15) is 0 Å². The molecular weight excluding hydrogens is 287 g/mol. The molecule has 0 spiro atoms. The molecule has 0 aliphatic heterocycles. The molecule has 114 valence electrons. The smallest absolute Gasteiger partial charge is 0.212 e. The molecule has 2 aromatic rings. The zero-order valence-corrected chi connectivity index (χ0v) is 13.2. The van der Waals surface area contributed by atoms with Crippen molar-refractivity contribution >= 4 is 17.0 Å². The number of thiazole rings is 1. The second kappa shape index (κ2) is 8.05. The van der Waals surface area contributed by atoms with Crippen molar-refractivity contribution in [2.24, 2.45) is 0 Å². The molecule has 21 heavy (non-hydrogen) atoms. The van der Waals surface area contributed by atoms with Gasteiger partial charge in [-0.2, -0.15) is 4.39 Å². The number of nitrogens with zero attached hydrogens (tertiary/aromatic N) is 2. The van der Waals surface area contributed by atoms with Crippen LogP contribution in [0.25, 0.3) is 0 Å². The van der Waals surface area contributed by atoms with Crippen LogP contribution in [0.1, 0.15) is 36.9 Å². The lowest BCUT2D eigenvalue weighted by Crippen LogP contribution is -2.15. The number of hydrogen-bond acceptors (Lipinski definition) is 5. The molecule has 0 aliphatic rings. The molecule has 0 aromatic carbocycles. The monoisotopic (exact) mass is 308 g/mol. The maximum Gasteiger partial charge on any atom is 0.212 e.